The van der Waals surface area contributed by atoms with Crippen LogP contribution in [0, 0.1) is 0 Å². The largest absolute Gasteiger partial charge is 0.493 e. The van der Waals surface area contributed by atoms with Gasteiger partial charge in [0.2, 0.25) is 6.29 Å². The van der Waals surface area contributed by atoms with Crippen LogP contribution in [0.5, 0.6) is 5.75 Å². The molecule has 1 N–H and O–H groups in total. The van der Waals surface area contributed by atoms with Crippen molar-refractivity contribution in [2.24, 2.45) is 0 Å². The van der Waals surface area contributed by atoms with Crippen molar-refractivity contribution in [3.63, 3.8) is 0 Å². The van der Waals surface area contributed by atoms with Crippen LogP contribution in [0.2, 0.25) is 0 Å². The van der Waals surface area contributed by atoms with Gasteiger partial charge in [0.05, 0.1) is 6.61 Å². The summed E-state index contributed by atoms with van der Waals surface area (Å²) in [6.45, 7) is 3.41. The van der Waals surface area contributed by atoms with Crippen LogP contribution in [0.1, 0.15) is 22.3 Å². The van der Waals surface area contributed by atoms with Gasteiger partial charge in [-0.15, -0.1) is 0 Å². The molecular formula is C19H18O5. The van der Waals surface area contributed by atoms with Crippen molar-refractivity contribution in [2.45, 2.75) is 12.7 Å². The highest BCUT2D eigenvalue weighted by Gasteiger charge is 2.10. The molecule has 0 aliphatic rings. The van der Waals surface area contributed by atoms with E-state index in [1.54, 1.807) is 36.4 Å². The summed E-state index contributed by atoms with van der Waals surface area (Å²) in [5, 5.41) is 9.46. The van der Waals surface area contributed by atoms with E-state index in [0.717, 1.165) is 6.08 Å². The number of ether oxygens (including phenoxy) is 2. The van der Waals surface area contributed by atoms with Gasteiger partial charge in [0.25, 0.3) is 0 Å². The zero-order valence-corrected chi connectivity index (χ0v) is 13.1. The molecule has 1 atom stereocenters. The Bertz CT molecular complexity index is 691. The number of benzene rings is 2. The third-order valence-corrected chi connectivity index (χ3v) is 3.20. The van der Waals surface area contributed by atoms with Crippen LogP contribution < -0.4 is 4.74 Å². The second-order valence-corrected chi connectivity index (χ2v) is 4.95. The summed E-state index contributed by atoms with van der Waals surface area (Å²) in [5.41, 5.74) is 1.19. The predicted molar refractivity (Wildman–Crippen MR) is 88.7 cm³/mol. The first-order chi connectivity index (χ1) is 11.6. The molecule has 0 radical (unpaired) electrons. The van der Waals surface area contributed by atoms with Gasteiger partial charge in [-0.3, -0.25) is 4.79 Å². The minimum absolute atomic E-state index is 0.0612. The van der Waals surface area contributed by atoms with E-state index in [-0.39, 0.29) is 18.8 Å². The van der Waals surface area contributed by atoms with Crippen molar-refractivity contribution in [1.82, 2.24) is 0 Å². The zero-order chi connectivity index (χ0) is 17.4. The van der Waals surface area contributed by atoms with Crippen LogP contribution in [0.4, 0.5) is 0 Å². The molecule has 0 bridgehead atoms. The normalized spacial score (nSPS) is 11.4. The smallest absolute Gasteiger partial charge is 0.332 e. The molecule has 0 aliphatic heterocycles. The molecule has 2 aromatic rings. The van der Waals surface area contributed by atoms with Gasteiger partial charge in [0.15, 0.2) is 5.78 Å². The molecule has 0 heterocycles. The topological polar surface area (TPSA) is 72.8 Å². The Balaban J connectivity index is 1.85. The summed E-state index contributed by atoms with van der Waals surface area (Å²) in [6, 6.07) is 15.7. The second kappa shape index (κ2) is 8.64. The molecule has 0 amide bonds. The van der Waals surface area contributed by atoms with Crippen molar-refractivity contribution in [1.29, 1.82) is 0 Å². The summed E-state index contributed by atoms with van der Waals surface area (Å²) in [6.07, 6.45) is -0.133. The van der Waals surface area contributed by atoms with E-state index >= 15 is 0 Å². The Labute approximate surface area is 140 Å². The maximum absolute atomic E-state index is 12.3. The van der Waals surface area contributed by atoms with E-state index in [9.17, 15) is 14.7 Å². The van der Waals surface area contributed by atoms with Crippen LogP contribution >= 0.6 is 0 Å². The van der Waals surface area contributed by atoms with Gasteiger partial charge in [-0.25, -0.2) is 4.79 Å². The van der Waals surface area contributed by atoms with Gasteiger partial charge in [-0.1, -0.05) is 36.9 Å². The monoisotopic (exact) mass is 326 g/mol. The van der Waals surface area contributed by atoms with Gasteiger partial charge >= 0.3 is 5.97 Å². The molecule has 0 spiro atoms. The summed E-state index contributed by atoms with van der Waals surface area (Å²) in [5.74, 6) is -0.193. The maximum atomic E-state index is 12.3. The summed E-state index contributed by atoms with van der Waals surface area (Å²) in [7, 11) is 0. The maximum Gasteiger partial charge on any atom is 0.332 e. The molecular weight excluding hydrogens is 308 g/mol. The molecule has 5 nitrogen and oxygen atoms in total. The average Bonchev–Trinajstić information content (AvgIpc) is 2.62. The van der Waals surface area contributed by atoms with Gasteiger partial charge < -0.3 is 14.6 Å². The highest BCUT2D eigenvalue weighted by molar-refractivity contribution is 6.08. The lowest BCUT2D eigenvalue weighted by Crippen LogP contribution is -2.18. The molecule has 124 valence electrons. The minimum atomic E-state index is -1.24. The standard InChI is InChI=1S/C19H18O5/c1-2-17(20)24-18(21)12-13-23-16-10-8-15(9-11-16)19(22)14-6-4-3-5-7-14/h2-11,18,21H,1,12-13H2. The minimum Gasteiger partial charge on any atom is -0.493 e. The van der Waals surface area contributed by atoms with Gasteiger partial charge in [-0.2, -0.15) is 0 Å². The molecule has 0 saturated heterocycles. The highest BCUT2D eigenvalue weighted by Crippen LogP contribution is 2.16. The molecule has 1 unspecified atom stereocenters. The van der Waals surface area contributed by atoms with Gasteiger partial charge in [0, 0.05) is 23.6 Å². The Morgan fingerprint density at radius 3 is 2.29 bits per heavy atom. The Hall–Kier alpha value is -2.92. The predicted octanol–water partition coefficient (Wildman–Crippen LogP) is 2.73. The molecule has 0 aromatic heterocycles. The highest BCUT2D eigenvalue weighted by atomic mass is 16.6. The molecule has 0 saturated carbocycles. The number of aliphatic hydroxyl groups is 1. The Morgan fingerprint density at radius 2 is 1.67 bits per heavy atom. The Morgan fingerprint density at radius 1 is 1.04 bits per heavy atom. The van der Waals surface area contributed by atoms with Crippen LogP contribution in [0.3, 0.4) is 0 Å². The lowest BCUT2D eigenvalue weighted by atomic mass is 10.0. The lowest BCUT2D eigenvalue weighted by molar-refractivity contribution is -0.163. The van der Waals surface area contributed by atoms with Gasteiger partial charge in [-0.05, 0) is 24.3 Å². The van der Waals surface area contributed by atoms with Crippen LogP contribution in [0.15, 0.2) is 67.3 Å². The quantitative estimate of drug-likeness (QED) is 0.349. The number of hydrogen-bond acceptors (Lipinski definition) is 5. The number of rotatable bonds is 8. The molecule has 2 rings (SSSR count). The average molecular weight is 326 g/mol. The summed E-state index contributed by atoms with van der Waals surface area (Å²) < 4.78 is 10.1. The summed E-state index contributed by atoms with van der Waals surface area (Å²) in [4.78, 5) is 23.2. The fraction of sp³-hybridized carbons (Fsp3) is 0.158. The molecule has 24 heavy (non-hydrogen) atoms. The summed E-state index contributed by atoms with van der Waals surface area (Å²) >= 11 is 0. The van der Waals surface area contributed by atoms with Crippen LogP contribution in [-0.4, -0.2) is 29.8 Å². The van der Waals surface area contributed by atoms with E-state index in [0.29, 0.717) is 16.9 Å². The van der Waals surface area contributed by atoms with Crippen LogP contribution in [-0.2, 0) is 9.53 Å². The van der Waals surface area contributed by atoms with Gasteiger partial charge in [0.1, 0.15) is 5.75 Å². The van der Waals surface area contributed by atoms with E-state index in [1.165, 1.54) is 0 Å². The lowest BCUT2D eigenvalue weighted by Gasteiger charge is -2.11. The number of esters is 1. The van der Waals surface area contributed by atoms with E-state index in [4.69, 9.17) is 4.74 Å². The fourth-order valence-electron chi connectivity index (χ4n) is 1.98. The molecule has 0 aliphatic carbocycles. The van der Waals surface area contributed by atoms with E-state index in [1.807, 2.05) is 18.2 Å². The first-order valence-corrected chi connectivity index (χ1v) is 7.44. The van der Waals surface area contributed by atoms with Crippen LogP contribution in [0.25, 0.3) is 0 Å². The van der Waals surface area contributed by atoms with E-state index in [2.05, 4.69) is 11.3 Å². The number of carbonyl (C=O) groups excluding carboxylic acids is 2. The van der Waals surface area contributed by atoms with E-state index < -0.39 is 12.3 Å². The zero-order valence-electron chi connectivity index (χ0n) is 13.1. The first kappa shape index (κ1) is 17.4. The number of carbonyl (C=O) groups is 2. The first-order valence-electron chi connectivity index (χ1n) is 7.44. The third kappa shape index (κ3) is 5.07. The third-order valence-electron chi connectivity index (χ3n) is 3.20. The van der Waals surface area contributed by atoms with Crippen molar-refractivity contribution in [3.05, 3.63) is 78.4 Å². The fourth-order valence-corrected chi connectivity index (χ4v) is 1.98. The number of ketones is 1. The number of aliphatic hydroxyl groups excluding tert-OH is 1. The molecule has 5 heteroatoms. The van der Waals surface area contributed by atoms with Crippen molar-refractivity contribution in [2.75, 3.05) is 6.61 Å². The second-order valence-electron chi connectivity index (χ2n) is 4.95. The van der Waals surface area contributed by atoms with Crippen molar-refractivity contribution in [3.8, 4) is 5.75 Å². The van der Waals surface area contributed by atoms with Crippen molar-refractivity contribution >= 4 is 11.8 Å². The SMILES string of the molecule is C=CC(=O)OC(O)CCOc1ccc(C(=O)c2ccccc2)cc1. The molecule has 0 fully saturated rings. The Kier molecular flexibility index (Phi) is 6.28. The number of hydrogen-bond donors (Lipinski definition) is 1. The van der Waals surface area contributed by atoms with Crippen molar-refractivity contribution < 1.29 is 24.2 Å². The molecule has 2 aromatic carbocycles.